The lowest BCUT2D eigenvalue weighted by atomic mass is 10.1. The maximum atomic E-state index is 3.78. The Morgan fingerprint density at radius 3 is 2.81 bits per heavy atom. The number of nitrogens with one attached hydrogen (secondary N) is 1. The van der Waals surface area contributed by atoms with Gasteiger partial charge in [-0.15, -0.1) is 0 Å². The molecule has 2 rings (SSSR count). The van der Waals surface area contributed by atoms with E-state index >= 15 is 0 Å². The monoisotopic (exact) mass is 242 g/mol. The molecule has 0 aromatic carbocycles. The first-order valence-electron chi connectivity index (χ1n) is 6.86. The van der Waals surface area contributed by atoms with E-state index in [2.05, 4.69) is 16.5 Å². The van der Waals surface area contributed by atoms with Crippen molar-refractivity contribution in [1.29, 1.82) is 0 Å². The van der Waals surface area contributed by atoms with Crippen molar-refractivity contribution >= 4 is 11.8 Å². The summed E-state index contributed by atoms with van der Waals surface area (Å²) in [6, 6.07) is 1.67. The van der Waals surface area contributed by atoms with E-state index < -0.39 is 0 Å². The van der Waals surface area contributed by atoms with Crippen LogP contribution in [-0.4, -0.2) is 48.6 Å². The van der Waals surface area contributed by atoms with Crippen LogP contribution in [0.25, 0.3) is 0 Å². The van der Waals surface area contributed by atoms with E-state index in [0.29, 0.717) is 0 Å². The molecule has 1 aliphatic carbocycles. The third-order valence-electron chi connectivity index (χ3n) is 3.63. The average Bonchev–Trinajstić information content (AvgIpc) is 3.09. The minimum absolute atomic E-state index is 0.793. The Kier molecular flexibility index (Phi) is 5.46. The second-order valence-corrected chi connectivity index (χ2v) is 6.27. The van der Waals surface area contributed by atoms with E-state index in [1.807, 2.05) is 11.8 Å². The highest BCUT2D eigenvalue weighted by Crippen LogP contribution is 2.22. The first-order chi connectivity index (χ1) is 7.88. The summed E-state index contributed by atoms with van der Waals surface area (Å²) in [5, 5.41) is 3.78. The molecule has 0 radical (unpaired) electrons. The topological polar surface area (TPSA) is 15.3 Å². The third-order valence-corrected chi connectivity index (χ3v) is 4.32. The second-order valence-electron chi connectivity index (χ2n) is 5.28. The molecular formula is C13H26N2S. The smallest absolute Gasteiger partial charge is 0.0198 e. The number of likely N-dealkylation sites (tertiary alicyclic amines) is 1. The molecule has 0 spiro atoms. The molecule has 1 unspecified atom stereocenters. The molecule has 1 heterocycles. The van der Waals surface area contributed by atoms with Gasteiger partial charge < -0.3 is 10.2 Å². The van der Waals surface area contributed by atoms with E-state index in [-0.39, 0.29) is 0 Å². The zero-order valence-electron chi connectivity index (χ0n) is 10.6. The number of hydrogen-bond acceptors (Lipinski definition) is 3. The number of nitrogens with zero attached hydrogens (tertiary/aromatic N) is 1. The molecule has 1 atom stereocenters. The van der Waals surface area contributed by atoms with Crippen LogP contribution in [0.5, 0.6) is 0 Å². The van der Waals surface area contributed by atoms with Gasteiger partial charge in [-0.25, -0.2) is 0 Å². The lowest BCUT2D eigenvalue weighted by molar-refractivity contribution is 0.187. The molecule has 1 saturated carbocycles. The van der Waals surface area contributed by atoms with Crippen LogP contribution in [0.1, 0.15) is 38.5 Å². The quantitative estimate of drug-likeness (QED) is 0.690. The van der Waals surface area contributed by atoms with Crippen molar-refractivity contribution < 1.29 is 0 Å². The van der Waals surface area contributed by atoms with Gasteiger partial charge in [0.25, 0.3) is 0 Å². The summed E-state index contributed by atoms with van der Waals surface area (Å²) in [6.45, 7) is 3.96. The fourth-order valence-corrected chi connectivity index (χ4v) is 3.05. The lowest BCUT2D eigenvalue weighted by Crippen LogP contribution is -2.46. The Balaban J connectivity index is 1.57. The summed E-state index contributed by atoms with van der Waals surface area (Å²) in [6.07, 6.45) is 10.6. The van der Waals surface area contributed by atoms with Gasteiger partial charge in [0.1, 0.15) is 0 Å². The van der Waals surface area contributed by atoms with Gasteiger partial charge in [-0.05, 0) is 63.6 Å². The Bertz CT molecular complexity index is 194. The van der Waals surface area contributed by atoms with Gasteiger partial charge in [-0.3, -0.25) is 0 Å². The molecule has 1 N–H and O–H groups in total. The summed E-state index contributed by atoms with van der Waals surface area (Å²) in [4.78, 5) is 2.67. The maximum Gasteiger partial charge on any atom is 0.0198 e. The fraction of sp³-hybridized carbons (Fsp3) is 1.00. The van der Waals surface area contributed by atoms with Gasteiger partial charge in [-0.2, -0.15) is 11.8 Å². The summed E-state index contributed by atoms with van der Waals surface area (Å²) in [5.74, 6) is 1.33. The normalized spacial score (nSPS) is 27.2. The average molecular weight is 242 g/mol. The van der Waals surface area contributed by atoms with Crippen molar-refractivity contribution in [3.63, 3.8) is 0 Å². The predicted molar refractivity (Wildman–Crippen MR) is 73.2 cm³/mol. The van der Waals surface area contributed by atoms with Gasteiger partial charge >= 0.3 is 0 Å². The number of piperidine rings is 1. The highest BCUT2D eigenvalue weighted by atomic mass is 32.2. The number of unbranched alkanes of at least 4 members (excludes halogenated alkanes) is 1. The van der Waals surface area contributed by atoms with E-state index in [4.69, 9.17) is 0 Å². The summed E-state index contributed by atoms with van der Waals surface area (Å²) in [7, 11) is 0. The number of hydrogen-bond donors (Lipinski definition) is 1. The van der Waals surface area contributed by atoms with Gasteiger partial charge in [0.2, 0.25) is 0 Å². The van der Waals surface area contributed by atoms with Crippen LogP contribution in [0.4, 0.5) is 0 Å². The van der Waals surface area contributed by atoms with E-state index in [9.17, 15) is 0 Å². The van der Waals surface area contributed by atoms with Crippen molar-refractivity contribution in [2.45, 2.75) is 50.6 Å². The molecule has 2 fully saturated rings. The first-order valence-corrected chi connectivity index (χ1v) is 8.25. The summed E-state index contributed by atoms with van der Waals surface area (Å²) < 4.78 is 0. The van der Waals surface area contributed by atoms with E-state index in [1.165, 1.54) is 63.9 Å². The summed E-state index contributed by atoms with van der Waals surface area (Å²) >= 11 is 1.97. The number of thioether (sulfide) groups is 1. The molecule has 0 aromatic rings. The SMILES string of the molecule is CSCCCCN1CCCC(NC2CC2)C1. The van der Waals surface area contributed by atoms with Crippen molar-refractivity contribution in [2.75, 3.05) is 31.6 Å². The van der Waals surface area contributed by atoms with Crippen molar-refractivity contribution in [1.82, 2.24) is 10.2 Å². The zero-order valence-corrected chi connectivity index (χ0v) is 11.4. The van der Waals surface area contributed by atoms with Crippen LogP contribution in [0.3, 0.4) is 0 Å². The lowest BCUT2D eigenvalue weighted by Gasteiger charge is -2.33. The Morgan fingerprint density at radius 1 is 1.19 bits per heavy atom. The van der Waals surface area contributed by atoms with Gasteiger partial charge in [0.05, 0.1) is 0 Å². The molecule has 0 bridgehead atoms. The predicted octanol–water partition coefficient (Wildman–Crippen LogP) is 2.35. The van der Waals surface area contributed by atoms with E-state index in [0.717, 1.165) is 12.1 Å². The summed E-state index contributed by atoms with van der Waals surface area (Å²) in [5.41, 5.74) is 0. The molecular weight excluding hydrogens is 216 g/mol. The van der Waals surface area contributed by atoms with Gasteiger partial charge in [0, 0.05) is 18.6 Å². The van der Waals surface area contributed by atoms with Crippen molar-refractivity contribution in [3.8, 4) is 0 Å². The zero-order chi connectivity index (χ0) is 11.2. The Labute approximate surface area is 105 Å². The van der Waals surface area contributed by atoms with Crippen LogP contribution in [0, 0.1) is 0 Å². The molecule has 2 aliphatic rings. The third kappa shape index (κ3) is 4.64. The molecule has 1 aliphatic heterocycles. The van der Waals surface area contributed by atoms with E-state index in [1.54, 1.807) is 0 Å². The molecule has 3 heteroatoms. The highest BCUT2D eigenvalue weighted by Gasteiger charge is 2.27. The Hall–Kier alpha value is 0.270. The maximum absolute atomic E-state index is 3.78. The minimum atomic E-state index is 0.793. The standard InChI is InChI=1S/C13H26N2S/c1-16-10-3-2-8-15-9-4-5-13(11-15)14-12-6-7-12/h12-14H,2-11H2,1H3. The molecule has 94 valence electrons. The van der Waals surface area contributed by atoms with Crippen LogP contribution >= 0.6 is 11.8 Å². The molecule has 0 amide bonds. The molecule has 0 aromatic heterocycles. The van der Waals surface area contributed by atoms with Crippen LogP contribution < -0.4 is 5.32 Å². The van der Waals surface area contributed by atoms with Crippen LogP contribution in [0.15, 0.2) is 0 Å². The van der Waals surface area contributed by atoms with Gasteiger partial charge in [-0.1, -0.05) is 0 Å². The highest BCUT2D eigenvalue weighted by molar-refractivity contribution is 7.98. The fourth-order valence-electron chi connectivity index (χ4n) is 2.56. The molecule has 1 saturated heterocycles. The first kappa shape index (κ1) is 12.7. The van der Waals surface area contributed by atoms with Gasteiger partial charge in [0.15, 0.2) is 0 Å². The molecule has 2 nitrogen and oxygen atoms in total. The largest absolute Gasteiger partial charge is 0.310 e. The molecule has 16 heavy (non-hydrogen) atoms. The van der Waals surface area contributed by atoms with Crippen molar-refractivity contribution in [2.24, 2.45) is 0 Å². The Morgan fingerprint density at radius 2 is 2.06 bits per heavy atom. The van der Waals surface area contributed by atoms with Crippen molar-refractivity contribution in [3.05, 3.63) is 0 Å². The number of rotatable bonds is 7. The minimum Gasteiger partial charge on any atom is -0.310 e. The second kappa shape index (κ2) is 6.87. The van der Waals surface area contributed by atoms with Crippen LogP contribution in [-0.2, 0) is 0 Å². The van der Waals surface area contributed by atoms with Crippen LogP contribution in [0.2, 0.25) is 0 Å².